The van der Waals surface area contributed by atoms with Crippen LogP contribution in [0.15, 0.2) is 308 Å². The first-order valence-corrected chi connectivity index (χ1v) is 50.5. The molecule has 0 radical (unpaired) electrons. The number of esters is 2. The van der Waals surface area contributed by atoms with Gasteiger partial charge < -0.3 is 33.6 Å². The molecule has 23 heteroatoms. The van der Waals surface area contributed by atoms with Crippen molar-refractivity contribution in [1.29, 1.82) is 10.5 Å². The van der Waals surface area contributed by atoms with E-state index in [1.165, 1.54) is 42.0 Å². The fraction of sp³-hybridized carbons (Fsp3) is 0.274. The monoisotopic (exact) mass is 2020 g/mol. The zero-order valence-electron chi connectivity index (χ0n) is 84.6. The SMILES string of the molecule is CCOC(=O)/C=C(\C#N)c1ccc(Cl)cc1.CCOC(=O)/C=C(\C#N)c1ccc(OC)cc1.CCOc1ccc(/C=C/C(=O)C2CC2)cc1.COc1ccc(/C=C/C(=N/O)C2CC2)cc1.COc1ccc(/C=C/C(=O)C(C)C)cc1.Cc1ccc(/C=C/C(=O)C2CC2)cc1.O=C(/C=C/c1ccc(F)cc1)C1CC1.O=C(/C=C/c1cccc(F)c1)C1CC1.O=C(/C=C/c1ccccc1)C1CC1.O=C(/C=C/c1cccs1)C1CC1. The van der Waals surface area contributed by atoms with E-state index in [-0.39, 0.29) is 88.4 Å². The lowest BCUT2D eigenvalue weighted by molar-refractivity contribution is -0.138. The summed E-state index contributed by atoms with van der Waals surface area (Å²) in [6.45, 7) is 12.5. The molecular formula is C124H128ClF2N3O16S. The molecule has 17 rings (SSSR count). The van der Waals surface area contributed by atoms with Crippen molar-refractivity contribution in [3.05, 3.63) is 380 Å². The van der Waals surface area contributed by atoms with Crippen LogP contribution in [0.2, 0.25) is 5.02 Å². The summed E-state index contributed by atoms with van der Waals surface area (Å²) in [5, 5.41) is 32.6. The van der Waals surface area contributed by atoms with E-state index in [1.807, 2.05) is 208 Å². The fourth-order valence-corrected chi connectivity index (χ4v) is 13.5. The van der Waals surface area contributed by atoms with Crippen LogP contribution in [0.25, 0.3) is 59.8 Å². The highest BCUT2D eigenvalue weighted by Crippen LogP contribution is 2.36. The van der Waals surface area contributed by atoms with Crippen LogP contribution in [0, 0.1) is 88.6 Å². The van der Waals surface area contributed by atoms with Crippen LogP contribution in [0.1, 0.15) is 185 Å². The van der Waals surface area contributed by atoms with E-state index in [2.05, 4.69) is 24.2 Å². The summed E-state index contributed by atoms with van der Waals surface area (Å²) < 4.78 is 55.2. The summed E-state index contributed by atoms with van der Waals surface area (Å²) in [7, 11) is 4.84. The maximum absolute atomic E-state index is 12.7. The number of benzene rings is 9. The molecule has 7 fully saturated rings. The van der Waals surface area contributed by atoms with E-state index in [0.717, 1.165) is 157 Å². The Kier molecular flexibility index (Phi) is 51.6. The average Bonchev–Trinajstić information content (AvgIpc) is 0.975. The lowest BCUT2D eigenvalue weighted by Gasteiger charge is -2.02. The van der Waals surface area contributed by atoms with Gasteiger partial charge in [-0.3, -0.25) is 33.6 Å². The van der Waals surface area contributed by atoms with Gasteiger partial charge >= 0.3 is 11.9 Å². The number of ketones is 7. The Morgan fingerprint density at radius 3 is 1.04 bits per heavy atom. The molecule has 0 unspecified atom stereocenters. The molecule has 0 atom stereocenters. The number of nitriles is 2. The molecule has 147 heavy (non-hydrogen) atoms. The number of aryl methyl sites for hydroxylation is 1. The van der Waals surface area contributed by atoms with Gasteiger partial charge in [-0.1, -0.05) is 212 Å². The summed E-state index contributed by atoms with van der Waals surface area (Å²) in [5.74, 6) is 5.60. The van der Waals surface area contributed by atoms with Crippen molar-refractivity contribution < 1.29 is 85.6 Å². The summed E-state index contributed by atoms with van der Waals surface area (Å²) in [6, 6.07) is 75.0. The minimum Gasteiger partial charge on any atom is -0.497 e. The second-order valence-electron chi connectivity index (χ2n) is 35.2. The van der Waals surface area contributed by atoms with Gasteiger partial charge in [0.15, 0.2) is 40.5 Å². The highest BCUT2D eigenvalue weighted by molar-refractivity contribution is 7.10. The maximum Gasteiger partial charge on any atom is 0.332 e. The number of hydrogen-bond acceptors (Lipinski definition) is 20. The Bertz CT molecular complexity index is 6240. The second kappa shape index (κ2) is 65.0. The van der Waals surface area contributed by atoms with Gasteiger partial charge in [-0.25, -0.2) is 18.4 Å². The van der Waals surface area contributed by atoms with Gasteiger partial charge in [0, 0.05) is 69.4 Å². The normalized spacial score (nSPS) is 14.4. The molecule has 1 N–H and O–H groups in total. The first-order valence-electron chi connectivity index (χ1n) is 49.2. The molecule has 0 saturated heterocycles. The van der Waals surface area contributed by atoms with Crippen LogP contribution in [0.5, 0.6) is 23.0 Å². The van der Waals surface area contributed by atoms with Crippen LogP contribution < -0.4 is 18.9 Å². The first-order chi connectivity index (χ1) is 71.1. The highest BCUT2D eigenvalue weighted by atomic mass is 35.5. The lowest BCUT2D eigenvalue weighted by atomic mass is 10.1. The largest absolute Gasteiger partial charge is 0.497 e. The first kappa shape index (κ1) is 117. The highest BCUT2D eigenvalue weighted by Gasteiger charge is 2.32. The van der Waals surface area contributed by atoms with Crippen molar-refractivity contribution in [2.24, 2.45) is 52.5 Å². The number of thiophene rings is 1. The molecule has 19 nitrogen and oxygen atoms in total. The molecule has 0 amide bonds. The third kappa shape index (κ3) is 49.1. The molecule has 1 aromatic heterocycles. The van der Waals surface area contributed by atoms with Crippen LogP contribution >= 0.6 is 22.9 Å². The van der Waals surface area contributed by atoms with Crippen molar-refractivity contribution >= 4 is 141 Å². The molecule has 7 aliphatic rings. The van der Waals surface area contributed by atoms with Crippen molar-refractivity contribution in [2.75, 3.05) is 41.2 Å². The zero-order chi connectivity index (χ0) is 106. The van der Waals surface area contributed by atoms with E-state index in [4.69, 9.17) is 55.8 Å². The van der Waals surface area contributed by atoms with Crippen LogP contribution in [-0.4, -0.2) is 104 Å². The molecule has 10 aromatic rings. The smallest absolute Gasteiger partial charge is 0.332 e. The number of allylic oxidation sites excluding steroid dienone is 10. The third-order valence-corrected chi connectivity index (χ3v) is 23.6. The number of rotatable bonds is 35. The number of methoxy groups -OCH3 is 3. The predicted molar refractivity (Wildman–Crippen MR) is 584 cm³/mol. The summed E-state index contributed by atoms with van der Waals surface area (Å²) in [5.41, 5.74) is 10.7. The Hall–Kier alpha value is -15.5. The molecule has 7 aliphatic carbocycles. The van der Waals surface area contributed by atoms with Gasteiger partial charge in [-0.15, -0.1) is 11.3 Å². The number of nitrogens with zero attached hydrogens (tertiary/aromatic N) is 3. The molecule has 9 aromatic carbocycles. The summed E-state index contributed by atoms with van der Waals surface area (Å²) in [6.07, 6.45) is 45.5. The second-order valence-corrected chi connectivity index (χ2v) is 36.6. The summed E-state index contributed by atoms with van der Waals surface area (Å²) in [4.78, 5) is 103. The number of halogens is 3. The molecule has 0 spiro atoms. The van der Waals surface area contributed by atoms with Crippen LogP contribution in [0.3, 0.4) is 0 Å². The Morgan fingerprint density at radius 1 is 0.381 bits per heavy atom. The predicted octanol–water partition coefficient (Wildman–Crippen LogP) is 28.0. The third-order valence-electron chi connectivity index (χ3n) is 22.5. The lowest BCUT2D eigenvalue weighted by Crippen LogP contribution is -2.01. The van der Waals surface area contributed by atoms with Gasteiger partial charge in [0.2, 0.25) is 0 Å². The van der Waals surface area contributed by atoms with E-state index in [1.54, 1.807) is 174 Å². The molecular weight excluding hydrogens is 1890 g/mol. The number of carbonyl (C=O) groups excluding carboxylic acids is 9. The van der Waals surface area contributed by atoms with Gasteiger partial charge in [0.05, 0.1) is 58.0 Å². The molecule has 1 heterocycles. The van der Waals surface area contributed by atoms with E-state index in [9.17, 15) is 51.9 Å². The van der Waals surface area contributed by atoms with Crippen LogP contribution in [0.4, 0.5) is 8.78 Å². The molecule has 762 valence electrons. The standard InChI is InChI=1S/C14H16O2.C13H13NO3.C13H15NO2.C13H16O2.C13H14O.C12H10ClNO2.2C12H11FO.C12H12O.C10H10OS/c1-2-16-13-8-3-11(4-9-13)5-10-14(15)12-6-7-12;1-3-17-13(15)8-11(9-14)10-4-6-12(16-2)7-5-10;1-16-12-7-2-10(3-8-12)4-9-13(14-15)11-5-6-11;1-10(2)13(14)9-6-11-4-7-12(15-3)8-5-11;1-10-2-4-11(5-3-10)6-9-13(14)12-7-8-12;1-2-16-12(15)7-10(8-14)9-3-5-11(13)6-4-9;13-11-6-1-9(2-7-11)3-8-12(14)10-4-5-10;13-11-3-1-2-9(8-11)4-7-12(14)10-5-6-10;13-12(11-7-8-11)9-6-10-4-2-1-3-5-10;11-10(8-3-4-8)6-5-9-2-1-7-12-9/h3-5,8-10,12H,2,6-7H2,1H3;4-8H,3H2,1-2H3;2-4,7-9,11,15H,5-6H2,1H3;4-10H,1-3H3;2-6,9,12H,7-8H2,1H3;3-7H,2H2,1H3;1-3,6-8,10H,4-5H2;1-4,7-8,10H,5-6H2;1-6,9,11H,7-8H2;1-2,5-8H,3-4H2/b10-5+;11-8+;9-4+,14-13-;2*9-6+;10-7+;8-3+;7-4+;9-6+;6-5+. The van der Waals surface area contributed by atoms with Gasteiger partial charge in [0.25, 0.3) is 0 Å². The van der Waals surface area contributed by atoms with E-state index in [0.29, 0.717) is 63.9 Å². The Balaban J connectivity index is 0.000000199. The Labute approximate surface area is 871 Å². The van der Waals surface area contributed by atoms with Crippen LogP contribution in [-0.2, 0) is 52.6 Å². The summed E-state index contributed by atoms with van der Waals surface area (Å²) >= 11 is 7.38. The minimum atomic E-state index is -0.519. The quantitative estimate of drug-likeness (QED) is 0.00964. The number of oxime groups is 1. The van der Waals surface area contributed by atoms with Crippen molar-refractivity contribution in [3.8, 4) is 35.1 Å². The number of hydrogen-bond donors (Lipinski definition) is 1. The topological polar surface area (TPSA) is 289 Å². The Morgan fingerprint density at radius 2 is 0.707 bits per heavy atom. The number of carbonyl (C=O) groups is 9. The number of ether oxygens (including phenoxy) is 6. The van der Waals surface area contributed by atoms with E-state index >= 15 is 0 Å². The van der Waals surface area contributed by atoms with Crippen molar-refractivity contribution in [3.63, 3.8) is 0 Å². The molecule has 7 saturated carbocycles. The molecule has 0 aliphatic heterocycles. The van der Waals surface area contributed by atoms with Crippen molar-refractivity contribution in [2.45, 2.75) is 131 Å². The van der Waals surface area contributed by atoms with Gasteiger partial charge in [0.1, 0.15) is 46.8 Å². The van der Waals surface area contributed by atoms with Gasteiger partial charge in [-0.2, -0.15) is 10.5 Å². The minimum absolute atomic E-state index is 0.0551. The zero-order valence-corrected chi connectivity index (χ0v) is 86.2. The maximum atomic E-state index is 12.7. The molecule has 0 bridgehead atoms. The van der Waals surface area contributed by atoms with Gasteiger partial charge in [-0.05, 0) is 331 Å². The fourth-order valence-electron chi connectivity index (χ4n) is 12.7. The average molecular weight is 2020 g/mol. The van der Waals surface area contributed by atoms with Crippen molar-refractivity contribution in [1.82, 2.24) is 0 Å². The van der Waals surface area contributed by atoms with E-state index < -0.39 is 11.9 Å².